The van der Waals surface area contributed by atoms with E-state index in [1.807, 2.05) is 6.07 Å². The second-order valence-corrected chi connectivity index (χ2v) is 8.02. The van der Waals surface area contributed by atoms with Gasteiger partial charge in [0.15, 0.2) is 0 Å². The number of hydrogen-bond acceptors (Lipinski definition) is 3. The molecule has 0 radical (unpaired) electrons. The number of benzene rings is 1. The molecule has 3 N–H and O–H groups in total. The number of nitrogens with one attached hydrogen (secondary N) is 1. The maximum atomic E-state index is 12.5. The summed E-state index contributed by atoms with van der Waals surface area (Å²) in [5.41, 5.74) is 6.50. The van der Waals surface area contributed by atoms with E-state index in [4.69, 9.17) is 5.73 Å². The van der Waals surface area contributed by atoms with Gasteiger partial charge in [-0.15, -0.1) is 12.4 Å². The molecule has 0 amide bonds. The Labute approximate surface area is 141 Å². The molecule has 2 atom stereocenters. The minimum atomic E-state index is -3.48. The van der Waals surface area contributed by atoms with E-state index >= 15 is 0 Å². The van der Waals surface area contributed by atoms with E-state index in [1.54, 1.807) is 19.1 Å². The zero-order valence-electron chi connectivity index (χ0n) is 12.0. The molecule has 21 heavy (non-hydrogen) atoms. The number of aryl methyl sites for hydroxylation is 1. The van der Waals surface area contributed by atoms with Gasteiger partial charge in [-0.2, -0.15) is 0 Å². The maximum absolute atomic E-state index is 12.5. The van der Waals surface area contributed by atoms with Gasteiger partial charge in [0.05, 0.1) is 4.90 Å². The first-order valence-corrected chi connectivity index (χ1v) is 9.20. The molecule has 4 nitrogen and oxygen atoms in total. The van der Waals surface area contributed by atoms with Gasteiger partial charge in [-0.3, -0.25) is 0 Å². The Morgan fingerprint density at radius 3 is 2.62 bits per heavy atom. The van der Waals surface area contributed by atoms with E-state index in [9.17, 15) is 8.42 Å². The fourth-order valence-electron chi connectivity index (χ4n) is 2.82. The molecule has 120 valence electrons. The molecule has 1 aromatic rings. The van der Waals surface area contributed by atoms with Crippen LogP contribution in [0.2, 0.25) is 0 Å². The third kappa shape index (κ3) is 4.66. The summed E-state index contributed by atoms with van der Waals surface area (Å²) in [6.45, 7) is 2.34. The van der Waals surface area contributed by atoms with Crippen molar-refractivity contribution >= 4 is 38.4 Å². The highest BCUT2D eigenvalue weighted by molar-refractivity contribution is 9.10. The van der Waals surface area contributed by atoms with E-state index in [-0.39, 0.29) is 24.4 Å². The Morgan fingerprint density at radius 1 is 1.33 bits per heavy atom. The van der Waals surface area contributed by atoms with Crippen LogP contribution < -0.4 is 10.5 Å². The summed E-state index contributed by atoms with van der Waals surface area (Å²) < 4.78 is 28.8. The summed E-state index contributed by atoms with van der Waals surface area (Å²) in [6, 6.07) is 5.17. The molecular weight excluding hydrogens is 376 g/mol. The van der Waals surface area contributed by atoms with Crippen molar-refractivity contribution in [2.45, 2.75) is 43.5 Å². The van der Waals surface area contributed by atoms with E-state index < -0.39 is 10.0 Å². The van der Waals surface area contributed by atoms with Crippen LogP contribution in [0.3, 0.4) is 0 Å². The van der Waals surface area contributed by atoms with Gasteiger partial charge in [-0.05, 0) is 56.0 Å². The summed E-state index contributed by atoms with van der Waals surface area (Å²) >= 11 is 3.35. The second kappa shape index (κ2) is 7.92. The second-order valence-electron chi connectivity index (χ2n) is 5.42. The molecule has 1 aliphatic rings. The van der Waals surface area contributed by atoms with Gasteiger partial charge in [-0.25, -0.2) is 13.1 Å². The van der Waals surface area contributed by atoms with E-state index in [1.165, 1.54) is 0 Å². The average Bonchev–Trinajstić information content (AvgIpc) is 2.38. The topological polar surface area (TPSA) is 72.2 Å². The van der Waals surface area contributed by atoms with Gasteiger partial charge in [-0.1, -0.05) is 28.8 Å². The number of hydrogen-bond donors (Lipinski definition) is 2. The van der Waals surface area contributed by atoms with Crippen LogP contribution in [-0.2, 0) is 10.0 Å². The Bertz CT molecular complexity index is 580. The van der Waals surface area contributed by atoms with Crippen molar-refractivity contribution < 1.29 is 8.42 Å². The van der Waals surface area contributed by atoms with Crippen molar-refractivity contribution in [3.8, 4) is 0 Å². The summed E-state index contributed by atoms with van der Waals surface area (Å²) in [7, 11) is -3.48. The van der Waals surface area contributed by atoms with Gasteiger partial charge in [0.25, 0.3) is 0 Å². The lowest BCUT2D eigenvalue weighted by Crippen LogP contribution is -2.44. The highest BCUT2D eigenvalue weighted by atomic mass is 79.9. The standard InChI is InChI=1S/C14H21BrN2O2S.ClH/c1-10-8-12(15)6-7-14(10)20(18,19)17-13-5-3-2-4-11(13)9-16;/h6-8,11,13,17H,2-5,9,16H2,1H3;1H. The summed E-state index contributed by atoms with van der Waals surface area (Å²) in [5, 5.41) is 0. The minimum absolute atomic E-state index is 0. The van der Waals surface area contributed by atoms with Crippen LogP contribution in [0.25, 0.3) is 0 Å². The predicted octanol–water partition coefficient (Wildman–Crippen LogP) is 2.98. The van der Waals surface area contributed by atoms with Crippen molar-refractivity contribution in [3.63, 3.8) is 0 Å². The zero-order chi connectivity index (χ0) is 14.8. The summed E-state index contributed by atoms with van der Waals surface area (Å²) in [5.74, 6) is 0.245. The molecule has 0 heterocycles. The van der Waals surface area contributed by atoms with Crippen LogP contribution >= 0.6 is 28.3 Å². The molecule has 2 unspecified atom stereocenters. The lowest BCUT2D eigenvalue weighted by molar-refractivity contribution is 0.296. The first-order chi connectivity index (χ1) is 9.44. The zero-order valence-corrected chi connectivity index (χ0v) is 15.2. The molecule has 0 aromatic heterocycles. The Kier molecular flexibility index (Phi) is 7.13. The van der Waals surface area contributed by atoms with Crippen LogP contribution in [0, 0.1) is 12.8 Å². The van der Waals surface area contributed by atoms with Crippen LogP contribution in [-0.4, -0.2) is 21.0 Å². The van der Waals surface area contributed by atoms with Crippen molar-refractivity contribution in [3.05, 3.63) is 28.2 Å². The van der Waals surface area contributed by atoms with Gasteiger partial charge >= 0.3 is 0 Å². The van der Waals surface area contributed by atoms with Crippen molar-refractivity contribution in [2.24, 2.45) is 11.7 Å². The first-order valence-electron chi connectivity index (χ1n) is 6.92. The molecule has 0 aliphatic heterocycles. The van der Waals surface area contributed by atoms with E-state index in [2.05, 4.69) is 20.7 Å². The average molecular weight is 398 g/mol. The highest BCUT2D eigenvalue weighted by Crippen LogP contribution is 2.26. The normalized spacial score (nSPS) is 22.6. The molecular formula is C14H22BrClN2O2S. The lowest BCUT2D eigenvalue weighted by atomic mass is 9.85. The lowest BCUT2D eigenvalue weighted by Gasteiger charge is -2.31. The van der Waals surface area contributed by atoms with Crippen LogP contribution in [0.15, 0.2) is 27.6 Å². The summed E-state index contributed by atoms with van der Waals surface area (Å²) in [4.78, 5) is 0.349. The van der Waals surface area contributed by atoms with Crippen molar-refractivity contribution in [1.82, 2.24) is 4.72 Å². The molecule has 0 saturated heterocycles. The monoisotopic (exact) mass is 396 g/mol. The molecule has 7 heteroatoms. The van der Waals surface area contributed by atoms with E-state index in [0.29, 0.717) is 11.4 Å². The predicted molar refractivity (Wildman–Crippen MR) is 91.2 cm³/mol. The number of nitrogens with two attached hydrogens (primary N) is 1. The van der Waals surface area contributed by atoms with Gasteiger partial charge in [0, 0.05) is 10.5 Å². The summed E-state index contributed by atoms with van der Waals surface area (Å²) in [6.07, 6.45) is 4.07. The first kappa shape index (κ1) is 18.9. The molecule has 0 spiro atoms. The van der Waals surface area contributed by atoms with Crippen molar-refractivity contribution in [1.29, 1.82) is 0 Å². The quantitative estimate of drug-likeness (QED) is 0.820. The molecule has 1 saturated carbocycles. The molecule has 1 aromatic carbocycles. The third-order valence-corrected chi connectivity index (χ3v) is 6.09. The number of rotatable bonds is 4. The fourth-order valence-corrected chi connectivity index (χ4v) is 4.86. The molecule has 1 aliphatic carbocycles. The molecule has 1 fully saturated rings. The minimum Gasteiger partial charge on any atom is -0.330 e. The smallest absolute Gasteiger partial charge is 0.241 e. The van der Waals surface area contributed by atoms with Crippen molar-refractivity contribution in [2.75, 3.05) is 6.54 Å². The largest absolute Gasteiger partial charge is 0.330 e. The number of halogens is 2. The molecule has 0 bridgehead atoms. The Balaban J connectivity index is 0.00000220. The van der Waals surface area contributed by atoms with Crippen LogP contribution in [0.1, 0.15) is 31.2 Å². The Morgan fingerprint density at radius 2 is 2.00 bits per heavy atom. The van der Waals surface area contributed by atoms with E-state index in [0.717, 1.165) is 35.7 Å². The van der Waals surface area contributed by atoms with Gasteiger partial charge in [0.2, 0.25) is 10.0 Å². The van der Waals surface area contributed by atoms with Crippen LogP contribution in [0.4, 0.5) is 0 Å². The highest BCUT2D eigenvalue weighted by Gasteiger charge is 2.29. The molecule has 2 rings (SSSR count). The van der Waals surface area contributed by atoms with Gasteiger partial charge in [0.1, 0.15) is 0 Å². The third-order valence-electron chi connectivity index (χ3n) is 3.94. The SMILES string of the molecule is Cc1cc(Br)ccc1S(=O)(=O)NC1CCCCC1CN.Cl. The number of sulfonamides is 1. The van der Waals surface area contributed by atoms with Gasteiger partial charge < -0.3 is 5.73 Å². The maximum Gasteiger partial charge on any atom is 0.241 e. The fraction of sp³-hybridized carbons (Fsp3) is 0.571. The Hall–Kier alpha value is -0.140. The van der Waals surface area contributed by atoms with Crippen LogP contribution in [0.5, 0.6) is 0 Å².